The zero-order chi connectivity index (χ0) is 16.5. The summed E-state index contributed by atoms with van der Waals surface area (Å²) in [6.07, 6.45) is 0. The minimum absolute atomic E-state index is 0.0274. The summed E-state index contributed by atoms with van der Waals surface area (Å²) in [6, 6.07) is 18.8. The van der Waals surface area contributed by atoms with E-state index in [2.05, 4.69) is 10.2 Å². The molecule has 2 aromatic carbocycles. The third kappa shape index (κ3) is 2.55. The molecular formula is C17H13N5OS. The predicted molar refractivity (Wildman–Crippen MR) is 90.9 cm³/mol. The Labute approximate surface area is 141 Å². The summed E-state index contributed by atoms with van der Waals surface area (Å²) in [5, 5.41) is 17.8. The Bertz CT molecular complexity index is 1060. The number of hydrogen-bond acceptors (Lipinski definition) is 5. The van der Waals surface area contributed by atoms with Crippen molar-refractivity contribution < 1.29 is 4.79 Å². The molecule has 6 nitrogen and oxygen atoms in total. The second-order valence-electron chi connectivity index (χ2n) is 5.24. The lowest BCUT2D eigenvalue weighted by Crippen LogP contribution is -2.26. The first-order chi connectivity index (χ1) is 11.7. The first-order valence-corrected chi connectivity index (χ1v) is 8.19. The van der Waals surface area contributed by atoms with Crippen LogP contribution in [0.2, 0.25) is 0 Å². The van der Waals surface area contributed by atoms with Crippen LogP contribution in [0.5, 0.6) is 0 Å². The van der Waals surface area contributed by atoms with Crippen LogP contribution in [-0.2, 0) is 6.54 Å². The molecule has 24 heavy (non-hydrogen) atoms. The number of Topliss-reactive ketones (excluding diaryl/α,β-unsaturated/α-hetero) is 1. The Balaban J connectivity index is 1.67. The van der Waals surface area contributed by atoms with Gasteiger partial charge in [0, 0.05) is 11.1 Å². The molecule has 0 spiro atoms. The molecular weight excluding hydrogens is 322 g/mol. The van der Waals surface area contributed by atoms with Gasteiger partial charge in [0.2, 0.25) is 10.6 Å². The monoisotopic (exact) mass is 335 g/mol. The summed E-state index contributed by atoms with van der Waals surface area (Å²) < 4.78 is 2.84. The van der Waals surface area contributed by atoms with Gasteiger partial charge in [-0.2, -0.15) is 9.61 Å². The van der Waals surface area contributed by atoms with Gasteiger partial charge in [0.05, 0.1) is 0 Å². The van der Waals surface area contributed by atoms with Gasteiger partial charge in [-0.3, -0.25) is 10.2 Å². The van der Waals surface area contributed by atoms with E-state index in [0.717, 1.165) is 10.6 Å². The number of carbonyl (C=O) groups excluding carboxylic acids is 1. The van der Waals surface area contributed by atoms with Crippen LogP contribution < -0.4 is 5.62 Å². The molecule has 2 aromatic heterocycles. The molecule has 0 aliphatic rings. The Hall–Kier alpha value is -3.06. The van der Waals surface area contributed by atoms with E-state index in [9.17, 15) is 4.79 Å². The molecule has 0 fully saturated rings. The highest BCUT2D eigenvalue weighted by Gasteiger charge is 2.14. The fourth-order valence-corrected chi connectivity index (χ4v) is 3.31. The maximum absolute atomic E-state index is 12.3. The normalized spacial score (nSPS) is 11.0. The molecule has 1 N–H and O–H groups in total. The zero-order valence-corrected chi connectivity index (χ0v) is 13.4. The molecule has 0 saturated heterocycles. The van der Waals surface area contributed by atoms with Crippen LogP contribution >= 0.6 is 11.3 Å². The Kier molecular flexibility index (Phi) is 3.55. The van der Waals surface area contributed by atoms with E-state index in [1.54, 1.807) is 12.1 Å². The maximum atomic E-state index is 12.3. The van der Waals surface area contributed by atoms with E-state index in [4.69, 9.17) is 5.41 Å². The number of nitrogens with zero attached hydrogens (tertiary/aromatic N) is 4. The Morgan fingerprint density at radius 1 is 1.00 bits per heavy atom. The average molecular weight is 335 g/mol. The highest BCUT2D eigenvalue weighted by Crippen LogP contribution is 2.23. The van der Waals surface area contributed by atoms with Crippen LogP contribution in [0.1, 0.15) is 10.4 Å². The van der Waals surface area contributed by atoms with E-state index in [1.807, 2.05) is 48.5 Å². The van der Waals surface area contributed by atoms with Gasteiger partial charge in [0.25, 0.3) is 0 Å². The van der Waals surface area contributed by atoms with Gasteiger partial charge in [-0.1, -0.05) is 72.0 Å². The molecule has 0 radical (unpaired) electrons. The van der Waals surface area contributed by atoms with Crippen molar-refractivity contribution in [3.8, 4) is 10.6 Å². The number of fused-ring (bicyclic) bond motifs is 1. The lowest BCUT2D eigenvalue weighted by molar-refractivity contribution is 0.0965. The van der Waals surface area contributed by atoms with Crippen molar-refractivity contribution in [3.63, 3.8) is 0 Å². The smallest absolute Gasteiger partial charge is 0.243 e. The largest absolute Gasteiger partial charge is 0.292 e. The van der Waals surface area contributed by atoms with Gasteiger partial charge in [0.15, 0.2) is 5.78 Å². The van der Waals surface area contributed by atoms with E-state index in [1.165, 1.54) is 20.5 Å². The molecule has 0 aliphatic carbocycles. The average Bonchev–Trinajstić information content (AvgIpc) is 3.17. The maximum Gasteiger partial charge on any atom is 0.243 e. The highest BCUT2D eigenvalue weighted by molar-refractivity contribution is 7.19. The topological polar surface area (TPSA) is 76.0 Å². The minimum atomic E-state index is -0.0804. The molecule has 0 unspecified atom stereocenters. The van der Waals surface area contributed by atoms with Crippen LogP contribution in [0.4, 0.5) is 0 Å². The quantitative estimate of drug-likeness (QED) is 0.583. The number of rotatable bonds is 4. The zero-order valence-electron chi connectivity index (χ0n) is 12.6. The van der Waals surface area contributed by atoms with E-state index in [-0.39, 0.29) is 17.9 Å². The lowest BCUT2D eigenvalue weighted by atomic mass is 10.1. The first kappa shape index (κ1) is 14.5. The summed E-state index contributed by atoms with van der Waals surface area (Å²) in [7, 11) is 0. The number of nitrogens with one attached hydrogen (secondary N) is 1. The van der Waals surface area contributed by atoms with Crippen LogP contribution in [0.3, 0.4) is 0 Å². The van der Waals surface area contributed by atoms with Crippen molar-refractivity contribution in [2.24, 2.45) is 0 Å². The van der Waals surface area contributed by atoms with Crippen molar-refractivity contribution in [2.75, 3.05) is 0 Å². The van der Waals surface area contributed by atoms with Gasteiger partial charge < -0.3 is 0 Å². The van der Waals surface area contributed by atoms with Crippen molar-refractivity contribution in [2.45, 2.75) is 6.54 Å². The number of ketones is 1. The fourth-order valence-electron chi connectivity index (χ4n) is 2.40. The van der Waals surface area contributed by atoms with E-state index < -0.39 is 0 Å². The van der Waals surface area contributed by atoms with Gasteiger partial charge in [0.1, 0.15) is 11.6 Å². The molecule has 0 aliphatic heterocycles. The first-order valence-electron chi connectivity index (χ1n) is 7.37. The summed E-state index contributed by atoms with van der Waals surface area (Å²) in [5.74, 6) is -0.0804. The van der Waals surface area contributed by atoms with Crippen molar-refractivity contribution in [1.29, 1.82) is 5.41 Å². The summed E-state index contributed by atoms with van der Waals surface area (Å²) in [6.45, 7) is 0.0274. The third-order valence-electron chi connectivity index (χ3n) is 3.62. The molecule has 4 rings (SSSR count). The molecule has 0 saturated carbocycles. The van der Waals surface area contributed by atoms with Crippen LogP contribution in [0.25, 0.3) is 15.5 Å². The van der Waals surface area contributed by atoms with Gasteiger partial charge in [-0.15, -0.1) is 5.10 Å². The standard InChI is InChI=1S/C17H13N5OS/c18-16-21(11-14(23)12-7-3-1-4-8-12)20-17-22(16)19-15(24-17)13-9-5-2-6-10-13/h1-10,18H,11H2. The van der Waals surface area contributed by atoms with E-state index in [0.29, 0.717) is 10.5 Å². The molecule has 0 atom stereocenters. The summed E-state index contributed by atoms with van der Waals surface area (Å²) in [4.78, 5) is 12.9. The molecule has 4 aromatic rings. The predicted octanol–water partition coefficient (Wildman–Crippen LogP) is 2.62. The van der Waals surface area contributed by atoms with Crippen molar-refractivity contribution in [1.82, 2.24) is 19.4 Å². The fraction of sp³-hybridized carbons (Fsp3) is 0.0588. The number of hydrogen-bond donors (Lipinski definition) is 1. The van der Waals surface area contributed by atoms with Crippen LogP contribution in [-0.4, -0.2) is 25.2 Å². The van der Waals surface area contributed by atoms with Gasteiger partial charge in [-0.25, -0.2) is 4.68 Å². The van der Waals surface area contributed by atoms with Gasteiger partial charge >= 0.3 is 0 Å². The SMILES string of the molecule is N=c1n(CC(=O)c2ccccc2)nc2sc(-c3ccccc3)nn12. The lowest BCUT2D eigenvalue weighted by Gasteiger charge is -2.00. The van der Waals surface area contributed by atoms with E-state index >= 15 is 0 Å². The Morgan fingerprint density at radius 2 is 1.67 bits per heavy atom. The summed E-state index contributed by atoms with van der Waals surface area (Å²) >= 11 is 1.40. The second kappa shape index (κ2) is 5.86. The number of carbonyl (C=O) groups is 1. The van der Waals surface area contributed by atoms with Crippen LogP contribution in [0.15, 0.2) is 60.7 Å². The number of aromatic nitrogens is 4. The molecule has 118 valence electrons. The van der Waals surface area contributed by atoms with Crippen molar-refractivity contribution in [3.05, 3.63) is 71.8 Å². The molecule has 0 amide bonds. The van der Waals surface area contributed by atoms with Gasteiger partial charge in [-0.05, 0) is 0 Å². The second-order valence-corrected chi connectivity index (χ2v) is 6.19. The molecule has 0 bridgehead atoms. The summed E-state index contributed by atoms with van der Waals surface area (Å²) in [5.41, 5.74) is 1.69. The third-order valence-corrected chi connectivity index (χ3v) is 4.57. The molecule has 7 heteroatoms. The number of benzene rings is 2. The minimum Gasteiger partial charge on any atom is -0.292 e. The molecule has 2 heterocycles. The highest BCUT2D eigenvalue weighted by atomic mass is 32.1. The Morgan fingerprint density at radius 3 is 2.33 bits per heavy atom. The van der Waals surface area contributed by atoms with Crippen molar-refractivity contribution >= 4 is 22.1 Å². The van der Waals surface area contributed by atoms with Crippen LogP contribution in [0, 0.1) is 5.41 Å².